The maximum atomic E-state index is 12.7. The summed E-state index contributed by atoms with van der Waals surface area (Å²) >= 11 is 1.55. The lowest BCUT2D eigenvalue weighted by Gasteiger charge is -2.36. The van der Waals surface area contributed by atoms with E-state index in [-0.39, 0.29) is 5.56 Å². The molecule has 0 aliphatic carbocycles. The predicted molar refractivity (Wildman–Crippen MR) is 85.0 cm³/mol. The molecule has 0 radical (unpaired) electrons. The fourth-order valence-electron chi connectivity index (χ4n) is 2.89. The van der Waals surface area contributed by atoms with Gasteiger partial charge in [0.25, 0.3) is 5.56 Å². The van der Waals surface area contributed by atoms with Crippen LogP contribution in [0.5, 0.6) is 0 Å². The van der Waals surface area contributed by atoms with Crippen LogP contribution in [0.1, 0.15) is 23.3 Å². The van der Waals surface area contributed by atoms with E-state index in [9.17, 15) is 9.90 Å². The summed E-state index contributed by atoms with van der Waals surface area (Å²) in [5.41, 5.74) is 0.177. The van der Waals surface area contributed by atoms with E-state index in [0.717, 1.165) is 28.4 Å². The molecule has 0 unspecified atom stereocenters. The number of rotatable bonds is 2. The molecule has 21 heavy (non-hydrogen) atoms. The first-order valence-corrected chi connectivity index (χ1v) is 8.07. The van der Waals surface area contributed by atoms with Crippen LogP contribution in [0.2, 0.25) is 0 Å². The van der Waals surface area contributed by atoms with Crippen molar-refractivity contribution in [3.05, 3.63) is 27.1 Å². The van der Waals surface area contributed by atoms with Gasteiger partial charge < -0.3 is 10.0 Å². The highest BCUT2D eigenvalue weighted by atomic mass is 32.1. The molecule has 0 aromatic carbocycles. The summed E-state index contributed by atoms with van der Waals surface area (Å²) in [6.45, 7) is 6.02. The maximum Gasteiger partial charge on any atom is 0.262 e. The summed E-state index contributed by atoms with van der Waals surface area (Å²) in [6, 6.07) is 0. The molecule has 6 heteroatoms. The lowest BCUT2D eigenvalue weighted by Crippen LogP contribution is -2.46. The molecule has 0 atom stereocenters. The Morgan fingerprint density at radius 1 is 1.38 bits per heavy atom. The lowest BCUT2D eigenvalue weighted by molar-refractivity contribution is -0.0298. The van der Waals surface area contributed by atoms with Crippen molar-refractivity contribution in [1.82, 2.24) is 14.5 Å². The largest absolute Gasteiger partial charge is 0.388 e. The first-order chi connectivity index (χ1) is 9.89. The summed E-state index contributed by atoms with van der Waals surface area (Å²) in [4.78, 5) is 21.2. The Bertz CT molecular complexity index is 726. The third kappa shape index (κ3) is 2.63. The van der Waals surface area contributed by atoms with Crippen LogP contribution in [0.4, 0.5) is 0 Å². The van der Waals surface area contributed by atoms with Crippen molar-refractivity contribution in [3.63, 3.8) is 0 Å². The minimum absolute atomic E-state index is 0.0331. The smallest absolute Gasteiger partial charge is 0.262 e. The Balaban J connectivity index is 1.96. The van der Waals surface area contributed by atoms with Crippen LogP contribution in [-0.2, 0) is 6.54 Å². The number of thiophene rings is 1. The van der Waals surface area contributed by atoms with E-state index in [1.165, 1.54) is 0 Å². The van der Waals surface area contributed by atoms with Crippen molar-refractivity contribution in [3.8, 4) is 0 Å². The highest BCUT2D eigenvalue weighted by molar-refractivity contribution is 7.18. The van der Waals surface area contributed by atoms with E-state index in [1.54, 1.807) is 22.2 Å². The van der Waals surface area contributed by atoms with Gasteiger partial charge in [0.2, 0.25) is 0 Å². The van der Waals surface area contributed by atoms with Crippen LogP contribution < -0.4 is 5.56 Å². The normalized spacial score (nSPS) is 19.2. The van der Waals surface area contributed by atoms with Crippen molar-refractivity contribution >= 4 is 21.6 Å². The second-order valence-corrected chi connectivity index (χ2v) is 7.37. The number of aliphatic hydroxyl groups is 1. The van der Waals surface area contributed by atoms with Gasteiger partial charge in [-0.15, -0.1) is 11.3 Å². The van der Waals surface area contributed by atoms with Crippen LogP contribution in [0, 0.1) is 13.8 Å². The van der Waals surface area contributed by atoms with Gasteiger partial charge in [0.05, 0.1) is 23.9 Å². The summed E-state index contributed by atoms with van der Waals surface area (Å²) in [6.07, 6.45) is 2.96. The Morgan fingerprint density at radius 3 is 2.71 bits per heavy atom. The molecule has 0 spiro atoms. The average molecular weight is 307 g/mol. The zero-order chi connectivity index (χ0) is 15.2. The van der Waals surface area contributed by atoms with E-state index in [0.29, 0.717) is 24.8 Å². The van der Waals surface area contributed by atoms with Gasteiger partial charge in [-0.1, -0.05) is 0 Å². The molecular weight excluding hydrogens is 286 g/mol. The molecule has 3 heterocycles. The number of hydrogen-bond acceptors (Lipinski definition) is 5. The van der Waals surface area contributed by atoms with Crippen LogP contribution in [0.3, 0.4) is 0 Å². The number of hydrogen-bond donors (Lipinski definition) is 1. The maximum absolute atomic E-state index is 12.7. The van der Waals surface area contributed by atoms with E-state index in [1.807, 2.05) is 13.8 Å². The van der Waals surface area contributed by atoms with Crippen LogP contribution in [0.15, 0.2) is 11.1 Å². The van der Waals surface area contributed by atoms with Crippen molar-refractivity contribution in [1.29, 1.82) is 0 Å². The van der Waals surface area contributed by atoms with E-state index in [4.69, 9.17) is 0 Å². The van der Waals surface area contributed by atoms with E-state index in [2.05, 4.69) is 16.9 Å². The molecule has 1 fully saturated rings. The van der Waals surface area contributed by atoms with Crippen LogP contribution >= 0.6 is 11.3 Å². The minimum Gasteiger partial charge on any atom is -0.388 e. The fraction of sp³-hybridized carbons (Fsp3) is 0.600. The molecule has 5 nitrogen and oxygen atoms in total. The summed E-state index contributed by atoms with van der Waals surface area (Å²) in [5, 5.41) is 11.4. The predicted octanol–water partition coefficient (Wildman–Crippen LogP) is 1.53. The van der Waals surface area contributed by atoms with Gasteiger partial charge in [-0.05, 0) is 39.3 Å². The minimum atomic E-state index is -0.801. The van der Waals surface area contributed by atoms with Gasteiger partial charge in [0.15, 0.2) is 0 Å². The van der Waals surface area contributed by atoms with Crippen molar-refractivity contribution in [2.45, 2.75) is 38.8 Å². The van der Waals surface area contributed by atoms with Gasteiger partial charge in [-0.2, -0.15) is 0 Å². The second-order valence-electron chi connectivity index (χ2n) is 6.17. The van der Waals surface area contributed by atoms with Gasteiger partial charge in [0, 0.05) is 18.0 Å². The Morgan fingerprint density at radius 2 is 2.05 bits per heavy atom. The number of aryl methyl sites for hydroxylation is 2. The first-order valence-electron chi connectivity index (χ1n) is 7.26. The highest BCUT2D eigenvalue weighted by Crippen LogP contribution is 2.27. The van der Waals surface area contributed by atoms with Gasteiger partial charge >= 0.3 is 0 Å². The first kappa shape index (κ1) is 14.7. The lowest BCUT2D eigenvalue weighted by atomic mass is 9.91. The molecule has 2 aromatic heterocycles. The molecule has 2 aromatic rings. The second kappa shape index (κ2) is 5.19. The molecule has 0 saturated carbocycles. The SMILES string of the molecule is Cc1sc2ncn(CC3(O)CCN(C)CC3)c(=O)c2c1C. The van der Waals surface area contributed by atoms with Crippen molar-refractivity contribution in [2.75, 3.05) is 20.1 Å². The zero-order valence-electron chi connectivity index (χ0n) is 12.7. The molecule has 1 saturated heterocycles. The van der Waals surface area contributed by atoms with Gasteiger partial charge in [0.1, 0.15) is 4.83 Å². The van der Waals surface area contributed by atoms with E-state index < -0.39 is 5.60 Å². The summed E-state index contributed by atoms with van der Waals surface area (Å²) in [7, 11) is 2.05. The molecule has 1 N–H and O–H groups in total. The molecule has 114 valence electrons. The molecule has 0 amide bonds. The topological polar surface area (TPSA) is 58.4 Å². The van der Waals surface area contributed by atoms with Crippen molar-refractivity contribution in [2.24, 2.45) is 0 Å². The molecule has 1 aliphatic heterocycles. The fourth-order valence-corrected chi connectivity index (χ4v) is 3.88. The van der Waals surface area contributed by atoms with Gasteiger partial charge in [-0.25, -0.2) is 4.98 Å². The number of nitrogens with zero attached hydrogens (tertiary/aromatic N) is 3. The quantitative estimate of drug-likeness (QED) is 0.914. The number of aromatic nitrogens is 2. The van der Waals surface area contributed by atoms with E-state index >= 15 is 0 Å². The molecule has 1 aliphatic rings. The zero-order valence-corrected chi connectivity index (χ0v) is 13.5. The summed E-state index contributed by atoms with van der Waals surface area (Å²) in [5.74, 6) is 0. The molecular formula is C15H21N3O2S. The standard InChI is InChI=1S/C15H21N3O2S/c1-10-11(2)21-13-12(10)14(19)18(9-16-13)8-15(20)4-6-17(3)7-5-15/h9,20H,4-8H2,1-3H3. The monoisotopic (exact) mass is 307 g/mol. The van der Waals surface area contributed by atoms with Gasteiger partial charge in [-0.3, -0.25) is 9.36 Å². The Labute approximate surface area is 127 Å². The Hall–Kier alpha value is -1.24. The number of fused-ring (bicyclic) bond motifs is 1. The third-order valence-electron chi connectivity index (χ3n) is 4.54. The third-order valence-corrected chi connectivity index (χ3v) is 5.65. The summed E-state index contributed by atoms with van der Waals surface area (Å²) < 4.78 is 1.58. The Kier molecular flexibility index (Phi) is 3.63. The molecule has 0 bridgehead atoms. The number of likely N-dealkylation sites (tertiary alicyclic amines) is 1. The van der Waals surface area contributed by atoms with Crippen molar-refractivity contribution < 1.29 is 5.11 Å². The number of piperidine rings is 1. The highest BCUT2D eigenvalue weighted by Gasteiger charge is 2.32. The van der Waals surface area contributed by atoms with Crippen LogP contribution in [0.25, 0.3) is 10.2 Å². The average Bonchev–Trinajstić information content (AvgIpc) is 2.73. The van der Waals surface area contributed by atoms with Crippen LogP contribution in [-0.4, -0.2) is 45.3 Å². The molecule has 3 rings (SSSR count).